The Bertz CT molecular complexity index is 572. The van der Waals surface area contributed by atoms with Crippen LogP contribution in [0.5, 0.6) is 0 Å². The first-order chi connectivity index (χ1) is 9.65. The summed E-state index contributed by atoms with van der Waals surface area (Å²) in [7, 11) is 0. The van der Waals surface area contributed by atoms with Crippen molar-refractivity contribution in [2.24, 2.45) is 0 Å². The van der Waals surface area contributed by atoms with Gasteiger partial charge >= 0.3 is 0 Å². The highest BCUT2D eigenvalue weighted by Crippen LogP contribution is 2.25. The molecule has 0 radical (unpaired) electrons. The standard InChI is InChI=1S/C19H24O/c1-4-15-10-11-16(5-2)18(12-15)19(20)13-17-9-7-6-8-14(17)3/h6-12,19-20H,4-5,13H2,1-3H3. The SMILES string of the molecule is CCc1ccc(CC)c(C(O)Cc2ccccc2C)c1. The number of aliphatic hydroxyl groups excluding tert-OH is 1. The highest BCUT2D eigenvalue weighted by molar-refractivity contribution is 5.36. The van der Waals surface area contributed by atoms with Gasteiger partial charge in [-0.3, -0.25) is 0 Å². The van der Waals surface area contributed by atoms with Crippen LogP contribution in [0.2, 0.25) is 0 Å². The van der Waals surface area contributed by atoms with Gasteiger partial charge in [-0.2, -0.15) is 0 Å². The molecule has 106 valence electrons. The third-order valence-corrected chi connectivity index (χ3v) is 4.03. The van der Waals surface area contributed by atoms with Crippen LogP contribution in [0.4, 0.5) is 0 Å². The molecule has 0 saturated heterocycles. The molecule has 0 amide bonds. The van der Waals surface area contributed by atoms with E-state index in [4.69, 9.17) is 0 Å². The van der Waals surface area contributed by atoms with Crippen LogP contribution in [0.25, 0.3) is 0 Å². The molecular weight excluding hydrogens is 244 g/mol. The maximum atomic E-state index is 10.6. The zero-order valence-corrected chi connectivity index (χ0v) is 12.7. The smallest absolute Gasteiger partial charge is 0.0833 e. The Morgan fingerprint density at radius 3 is 2.35 bits per heavy atom. The molecule has 0 fully saturated rings. The normalized spacial score (nSPS) is 12.4. The number of rotatable bonds is 5. The summed E-state index contributed by atoms with van der Waals surface area (Å²) >= 11 is 0. The predicted octanol–water partition coefficient (Wildman–Crippen LogP) is 4.40. The van der Waals surface area contributed by atoms with Gasteiger partial charge in [0.1, 0.15) is 0 Å². The molecule has 0 saturated carbocycles. The van der Waals surface area contributed by atoms with Gasteiger partial charge in [0.25, 0.3) is 0 Å². The van der Waals surface area contributed by atoms with Gasteiger partial charge in [-0.1, -0.05) is 56.3 Å². The van der Waals surface area contributed by atoms with Crippen LogP contribution in [0.3, 0.4) is 0 Å². The fraction of sp³-hybridized carbons (Fsp3) is 0.368. The molecule has 0 spiro atoms. The lowest BCUT2D eigenvalue weighted by atomic mass is 9.92. The molecule has 1 nitrogen and oxygen atoms in total. The lowest BCUT2D eigenvalue weighted by Gasteiger charge is -2.17. The molecule has 0 aliphatic carbocycles. The number of aryl methyl sites for hydroxylation is 3. The van der Waals surface area contributed by atoms with E-state index in [-0.39, 0.29) is 0 Å². The minimum Gasteiger partial charge on any atom is -0.388 e. The molecule has 0 aromatic heterocycles. The van der Waals surface area contributed by atoms with Crippen molar-refractivity contribution >= 4 is 0 Å². The molecule has 0 aliphatic heterocycles. The van der Waals surface area contributed by atoms with Crippen LogP contribution < -0.4 is 0 Å². The highest BCUT2D eigenvalue weighted by atomic mass is 16.3. The first kappa shape index (κ1) is 14.8. The summed E-state index contributed by atoms with van der Waals surface area (Å²) in [5.41, 5.74) is 6.11. The molecule has 2 aromatic carbocycles. The summed E-state index contributed by atoms with van der Waals surface area (Å²) in [5, 5.41) is 10.6. The maximum Gasteiger partial charge on any atom is 0.0833 e. The van der Waals surface area contributed by atoms with E-state index < -0.39 is 6.10 Å². The van der Waals surface area contributed by atoms with Crippen molar-refractivity contribution in [1.29, 1.82) is 0 Å². The zero-order chi connectivity index (χ0) is 14.5. The molecule has 20 heavy (non-hydrogen) atoms. The van der Waals surface area contributed by atoms with Crippen molar-refractivity contribution < 1.29 is 5.11 Å². The van der Waals surface area contributed by atoms with Gasteiger partial charge < -0.3 is 5.11 Å². The van der Waals surface area contributed by atoms with Crippen LogP contribution in [0.1, 0.15) is 47.8 Å². The number of benzene rings is 2. The molecule has 2 aromatic rings. The van der Waals surface area contributed by atoms with Crippen molar-refractivity contribution in [3.8, 4) is 0 Å². The number of hydrogen-bond donors (Lipinski definition) is 1. The Morgan fingerprint density at radius 2 is 1.70 bits per heavy atom. The topological polar surface area (TPSA) is 20.2 Å². The van der Waals surface area contributed by atoms with E-state index in [0.717, 1.165) is 18.4 Å². The van der Waals surface area contributed by atoms with E-state index in [2.05, 4.69) is 51.1 Å². The largest absolute Gasteiger partial charge is 0.388 e. The van der Waals surface area contributed by atoms with E-state index in [0.29, 0.717) is 6.42 Å². The molecule has 0 bridgehead atoms. The zero-order valence-electron chi connectivity index (χ0n) is 12.7. The van der Waals surface area contributed by atoms with Crippen LogP contribution in [0, 0.1) is 6.92 Å². The van der Waals surface area contributed by atoms with Crippen molar-refractivity contribution in [1.82, 2.24) is 0 Å². The van der Waals surface area contributed by atoms with Gasteiger partial charge in [-0.25, -0.2) is 0 Å². The van der Waals surface area contributed by atoms with Crippen LogP contribution in [-0.2, 0) is 19.3 Å². The molecule has 0 heterocycles. The second-order valence-corrected chi connectivity index (χ2v) is 5.39. The van der Waals surface area contributed by atoms with E-state index in [1.54, 1.807) is 0 Å². The van der Waals surface area contributed by atoms with E-state index in [1.165, 1.54) is 22.3 Å². The quantitative estimate of drug-likeness (QED) is 0.852. The average molecular weight is 268 g/mol. The Morgan fingerprint density at radius 1 is 0.950 bits per heavy atom. The summed E-state index contributed by atoms with van der Waals surface area (Å²) in [5.74, 6) is 0. The average Bonchev–Trinajstić information content (AvgIpc) is 2.48. The number of hydrogen-bond acceptors (Lipinski definition) is 1. The molecule has 1 N–H and O–H groups in total. The van der Waals surface area contributed by atoms with Crippen molar-refractivity contribution in [2.45, 2.75) is 46.1 Å². The van der Waals surface area contributed by atoms with Crippen molar-refractivity contribution in [3.05, 3.63) is 70.3 Å². The second kappa shape index (κ2) is 6.71. The monoisotopic (exact) mass is 268 g/mol. The van der Waals surface area contributed by atoms with E-state index >= 15 is 0 Å². The first-order valence-electron chi connectivity index (χ1n) is 7.50. The molecule has 0 aliphatic rings. The Labute approximate surface area is 122 Å². The molecule has 2 rings (SSSR count). The molecule has 1 heteroatoms. The minimum absolute atomic E-state index is 0.419. The summed E-state index contributed by atoms with van der Waals surface area (Å²) in [4.78, 5) is 0. The van der Waals surface area contributed by atoms with Crippen LogP contribution in [0.15, 0.2) is 42.5 Å². The fourth-order valence-corrected chi connectivity index (χ4v) is 2.65. The summed E-state index contributed by atoms with van der Waals surface area (Å²) in [6, 6.07) is 14.8. The van der Waals surface area contributed by atoms with E-state index in [1.807, 2.05) is 12.1 Å². The summed E-state index contributed by atoms with van der Waals surface area (Å²) in [6.07, 6.45) is 2.24. The van der Waals surface area contributed by atoms with Crippen LogP contribution in [-0.4, -0.2) is 5.11 Å². The minimum atomic E-state index is -0.419. The third-order valence-electron chi connectivity index (χ3n) is 4.03. The second-order valence-electron chi connectivity index (χ2n) is 5.39. The molecular formula is C19H24O. The Hall–Kier alpha value is -1.60. The van der Waals surface area contributed by atoms with Gasteiger partial charge in [-0.05, 0) is 47.6 Å². The van der Waals surface area contributed by atoms with Gasteiger partial charge in [0.15, 0.2) is 0 Å². The molecule has 1 unspecified atom stereocenters. The predicted molar refractivity (Wildman–Crippen MR) is 85.0 cm³/mol. The summed E-state index contributed by atoms with van der Waals surface area (Å²) < 4.78 is 0. The van der Waals surface area contributed by atoms with Crippen LogP contribution >= 0.6 is 0 Å². The summed E-state index contributed by atoms with van der Waals surface area (Å²) in [6.45, 7) is 6.40. The maximum absolute atomic E-state index is 10.6. The molecule has 1 atom stereocenters. The van der Waals surface area contributed by atoms with Gasteiger partial charge in [-0.15, -0.1) is 0 Å². The van der Waals surface area contributed by atoms with Gasteiger partial charge in [0.2, 0.25) is 0 Å². The van der Waals surface area contributed by atoms with Gasteiger partial charge in [0.05, 0.1) is 6.10 Å². The Balaban J connectivity index is 2.28. The number of aliphatic hydroxyl groups is 1. The third kappa shape index (κ3) is 3.29. The van der Waals surface area contributed by atoms with Crippen molar-refractivity contribution in [2.75, 3.05) is 0 Å². The lowest BCUT2D eigenvalue weighted by Crippen LogP contribution is -2.07. The fourth-order valence-electron chi connectivity index (χ4n) is 2.65. The van der Waals surface area contributed by atoms with E-state index in [9.17, 15) is 5.11 Å². The Kier molecular flexibility index (Phi) is 4.97. The first-order valence-corrected chi connectivity index (χ1v) is 7.50. The van der Waals surface area contributed by atoms with Crippen molar-refractivity contribution in [3.63, 3.8) is 0 Å². The lowest BCUT2D eigenvalue weighted by molar-refractivity contribution is 0.177. The van der Waals surface area contributed by atoms with Gasteiger partial charge in [0, 0.05) is 6.42 Å². The highest BCUT2D eigenvalue weighted by Gasteiger charge is 2.14.